The van der Waals surface area contributed by atoms with E-state index >= 15 is 0 Å². The molecule has 1 rings (SSSR count). The molecule has 1 aromatic heterocycles. The van der Waals surface area contributed by atoms with E-state index in [4.69, 9.17) is 5.11 Å². The number of nitrogens with one attached hydrogen (secondary N) is 2. The van der Waals surface area contributed by atoms with Gasteiger partial charge in [0.05, 0.1) is 15.5 Å². The predicted molar refractivity (Wildman–Crippen MR) is 77.9 cm³/mol. The molecule has 0 radical (unpaired) electrons. The number of rotatable bonds is 8. The molecule has 0 aliphatic rings. The minimum Gasteiger partial charge on any atom is -0.481 e. The molecule has 0 fully saturated rings. The lowest BCUT2D eigenvalue weighted by molar-refractivity contribution is -0.133. The van der Waals surface area contributed by atoms with E-state index in [9.17, 15) is 18.0 Å². The molecule has 1 heterocycles. The van der Waals surface area contributed by atoms with Crippen molar-refractivity contribution in [1.82, 2.24) is 10.0 Å². The zero-order chi connectivity index (χ0) is 15.2. The van der Waals surface area contributed by atoms with Crippen LogP contribution in [0.4, 0.5) is 0 Å². The molecule has 0 bridgehead atoms. The molecule has 0 atom stereocenters. The summed E-state index contributed by atoms with van der Waals surface area (Å²) in [6.45, 7) is 0.322. The van der Waals surface area contributed by atoms with Crippen LogP contribution in [0.2, 0.25) is 0 Å². The van der Waals surface area contributed by atoms with Gasteiger partial charge in [-0.15, -0.1) is 23.1 Å². The summed E-state index contributed by atoms with van der Waals surface area (Å²) in [5.74, 6) is -0.810. The molecule has 0 unspecified atom stereocenters. The summed E-state index contributed by atoms with van der Waals surface area (Å²) in [4.78, 5) is 22.3. The van der Waals surface area contributed by atoms with Gasteiger partial charge in [0.15, 0.2) is 0 Å². The Labute approximate surface area is 124 Å². The minimum absolute atomic E-state index is 0.0145. The van der Waals surface area contributed by atoms with E-state index in [0.29, 0.717) is 17.2 Å². The Morgan fingerprint density at radius 1 is 1.45 bits per heavy atom. The third-order valence-electron chi connectivity index (χ3n) is 2.14. The van der Waals surface area contributed by atoms with Crippen LogP contribution in [0.15, 0.2) is 16.3 Å². The van der Waals surface area contributed by atoms with Crippen LogP contribution < -0.4 is 10.0 Å². The van der Waals surface area contributed by atoms with E-state index in [-0.39, 0.29) is 16.6 Å². The predicted octanol–water partition coefficient (Wildman–Crippen LogP) is 0.204. The quantitative estimate of drug-likeness (QED) is 0.584. The molecule has 0 aliphatic heterocycles. The summed E-state index contributed by atoms with van der Waals surface area (Å²) in [6, 6.07) is 1.30. The van der Waals surface area contributed by atoms with Crippen molar-refractivity contribution in [3.05, 3.63) is 16.3 Å². The normalized spacial score (nSPS) is 11.2. The Hall–Kier alpha value is -1.10. The number of carboxylic acid groups (broad SMARTS) is 1. The minimum atomic E-state index is -3.54. The largest absolute Gasteiger partial charge is 0.481 e. The van der Waals surface area contributed by atoms with E-state index in [1.165, 1.54) is 30.3 Å². The molecule has 0 spiro atoms. The van der Waals surface area contributed by atoms with Gasteiger partial charge >= 0.3 is 5.97 Å². The monoisotopic (exact) mass is 338 g/mol. The fraction of sp³-hybridized carbons (Fsp3) is 0.400. The third-order valence-corrected chi connectivity index (χ3v) is 5.55. The van der Waals surface area contributed by atoms with Crippen LogP contribution >= 0.6 is 23.1 Å². The lowest BCUT2D eigenvalue weighted by Gasteiger charge is -2.02. The van der Waals surface area contributed by atoms with E-state index < -0.39 is 16.0 Å². The molecule has 1 aromatic rings. The molecule has 10 heteroatoms. The fourth-order valence-corrected chi connectivity index (χ4v) is 3.67. The van der Waals surface area contributed by atoms with E-state index in [1.54, 1.807) is 0 Å². The van der Waals surface area contributed by atoms with Crippen molar-refractivity contribution in [2.45, 2.75) is 4.90 Å². The Morgan fingerprint density at radius 3 is 2.75 bits per heavy atom. The lowest BCUT2D eigenvalue weighted by Crippen LogP contribution is -2.25. The van der Waals surface area contributed by atoms with Crippen molar-refractivity contribution in [2.75, 3.05) is 25.1 Å². The second kappa shape index (κ2) is 7.62. The molecular formula is C10H14N2O5S3. The topological polar surface area (TPSA) is 113 Å². The first-order valence-electron chi connectivity index (χ1n) is 5.46. The average molecular weight is 338 g/mol. The molecule has 1 amide bonds. The van der Waals surface area contributed by atoms with Crippen LogP contribution in [-0.4, -0.2) is 50.5 Å². The number of carboxylic acids is 1. The molecular weight excluding hydrogens is 324 g/mol. The second-order valence-electron chi connectivity index (χ2n) is 3.56. The number of amides is 1. The molecule has 112 valence electrons. The standard InChI is InChI=1S/C10H14N2O5S3/c1-11-20(16,17)7-4-8(19-5-7)10(15)12-2-3-18-6-9(13)14/h4-5,11H,2-3,6H2,1H3,(H,12,15)(H,13,14). The Balaban J connectivity index is 2.47. The molecule has 0 aliphatic carbocycles. The lowest BCUT2D eigenvalue weighted by atomic mass is 10.4. The van der Waals surface area contributed by atoms with Gasteiger partial charge in [0.1, 0.15) is 0 Å². The Morgan fingerprint density at radius 2 is 2.15 bits per heavy atom. The van der Waals surface area contributed by atoms with Crippen LogP contribution in [0.25, 0.3) is 0 Å². The number of sulfonamides is 1. The Bertz CT molecular complexity index is 581. The Kier molecular flexibility index (Phi) is 6.46. The highest BCUT2D eigenvalue weighted by Crippen LogP contribution is 2.18. The summed E-state index contributed by atoms with van der Waals surface area (Å²) in [7, 11) is -2.24. The number of aliphatic carboxylic acids is 1. The van der Waals surface area contributed by atoms with Gasteiger partial charge in [-0.25, -0.2) is 13.1 Å². The zero-order valence-electron chi connectivity index (χ0n) is 10.6. The van der Waals surface area contributed by atoms with Crippen molar-refractivity contribution in [3.63, 3.8) is 0 Å². The van der Waals surface area contributed by atoms with Crippen molar-refractivity contribution in [2.24, 2.45) is 0 Å². The fourth-order valence-electron chi connectivity index (χ4n) is 1.18. The van der Waals surface area contributed by atoms with Crippen LogP contribution in [0.3, 0.4) is 0 Å². The average Bonchev–Trinajstić information content (AvgIpc) is 2.88. The van der Waals surface area contributed by atoms with Crippen LogP contribution in [0, 0.1) is 0 Å². The first-order chi connectivity index (χ1) is 9.36. The van der Waals surface area contributed by atoms with Crippen LogP contribution in [0.5, 0.6) is 0 Å². The second-order valence-corrected chi connectivity index (χ2v) is 7.46. The van der Waals surface area contributed by atoms with Gasteiger partial charge in [-0.2, -0.15) is 0 Å². The summed E-state index contributed by atoms with van der Waals surface area (Å²) in [5, 5.41) is 12.4. The highest BCUT2D eigenvalue weighted by atomic mass is 32.2. The van der Waals surface area contributed by atoms with Gasteiger partial charge in [0.25, 0.3) is 5.91 Å². The maximum atomic E-state index is 11.7. The first kappa shape index (κ1) is 17.0. The highest BCUT2D eigenvalue weighted by molar-refractivity contribution is 7.99. The third kappa shape index (κ3) is 5.12. The van der Waals surface area contributed by atoms with E-state index in [1.807, 2.05) is 0 Å². The number of hydrogen-bond donors (Lipinski definition) is 3. The zero-order valence-corrected chi connectivity index (χ0v) is 13.0. The van der Waals surface area contributed by atoms with Crippen LogP contribution in [0.1, 0.15) is 9.67 Å². The van der Waals surface area contributed by atoms with Gasteiger partial charge in [-0.3, -0.25) is 9.59 Å². The smallest absolute Gasteiger partial charge is 0.313 e. The number of carbonyl (C=O) groups is 2. The molecule has 3 N–H and O–H groups in total. The number of thiophene rings is 1. The summed E-state index contributed by atoms with van der Waals surface area (Å²) >= 11 is 2.23. The van der Waals surface area contributed by atoms with E-state index in [2.05, 4.69) is 10.0 Å². The van der Waals surface area contributed by atoms with Crippen molar-refractivity contribution in [1.29, 1.82) is 0 Å². The van der Waals surface area contributed by atoms with Crippen LogP contribution in [-0.2, 0) is 14.8 Å². The van der Waals surface area contributed by atoms with Crippen molar-refractivity contribution in [3.8, 4) is 0 Å². The van der Waals surface area contributed by atoms with E-state index in [0.717, 1.165) is 11.3 Å². The maximum Gasteiger partial charge on any atom is 0.313 e. The molecule has 0 saturated heterocycles. The number of hydrogen-bond acceptors (Lipinski definition) is 6. The van der Waals surface area contributed by atoms with Gasteiger partial charge in [0.2, 0.25) is 10.0 Å². The summed E-state index contributed by atoms with van der Waals surface area (Å²) in [6.07, 6.45) is 0. The molecule has 0 aromatic carbocycles. The first-order valence-corrected chi connectivity index (χ1v) is 8.98. The summed E-state index contributed by atoms with van der Waals surface area (Å²) < 4.78 is 25.2. The van der Waals surface area contributed by atoms with Crippen molar-refractivity contribution >= 4 is 45.0 Å². The number of carbonyl (C=O) groups excluding carboxylic acids is 1. The van der Waals surface area contributed by atoms with Crippen molar-refractivity contribution < 1.29 is 23.1 Å². The van der Waals surface area contributed by atoms with Gasteiger partial charge in [-0.1, -0.05) is 0 Å². The highest BCUT2D eigenvalue weighted by Gasteiger charge is 2.16. The number of thioether (sulfide) groups is 1. The summed E-state index contributed by atoms with van der Waals surface area (Å²) in [5.41, 5.74) is 0. The molecule has 0 saturated carbocycles. The van der Waals surface area contributed by atoms with Gasteiger partial charge < -0.3 is 10.4 Å². The molecule has 20 heavy (non-hydrogen) atoms. The van der Waals surface area contributed by atoms with Gasteiger partial charge in [-0.05, 0) is 13.1 Å². The van der Waals surface area contributed by atoms with Gasteiger partial charge in [0, 0.05) is 17.7 Å². The SMILES string of the molecule is CNS(=O)(=O)c1csc(C(=O)NCCSCC(=O)O)c1. The maximum absolute atomic E-state index is 11.7. The molecule has 7 nitrogen and oxygen atoms in total.